The molecule has 0 spiro atoms. The van der Waals surface area contributed by atoms with E-state index in [9.17, 15) is 9.59 Å². The van der Waals surface area contributed by atoms with Crippen LogP contribution in [0.15, 0.2) is 46.9 Å². The van der Waals surface area contributed by atoms with Crippen molar-refractivity contribution in [2.75, 3.05) is 5.75 Å². The molecule has 4 rings (SSSR count). The minimum Gasteiger partial charge on any atom is -0.291 e. The predicted octanol–water partition coefficient (Wildman–Crippen LogP) is 2.32. The number of thiophene rings is 1. The maximum Gasteiger partial charge on any atom is 0.267 e. The Morgan fingerprint density at radius 2 is 2.12 bits per heavy atom. The van der Waals surface area contributed by atoms with Gasteiger partial charge in [-0.05, 0) is 23.6 Å². The molecular formula is C15H11N5O2S2. The lowest BCUT2D eigenvalue weighted by Crippen LogP contribution is -2.31. The first-order valence-electron chi connectivity index (χ1n) is 7.04. The van der Waals surface area contributed by atoms with Gasteiger partial charge in [-0.3, -0.25) is 19.3 Å². The third-order valence-corrected chi connectivity index (χ3v) is 5.14. The second-order valence-electron chi connectivity index (χ2n) is 4.91. The molecule has 0 unspecified atom stereocenters. The van der Waals surface area contributed by atoms with Gasteiger partial charge in [-0.15, -0.1) is 16.4 Å². The Morgan fingerprint density at radius 3 is 2.96 bits per heavy atom. The van der Waals surface area contributed by atoms with Crippen LogP contribution in [0.5, 0.6) is 0 Å². The second-order valence-corrected chi connectivity index (χ2v) is 6.80. The summed E-state index contributed by atoms with van der Waals surface area (Å²) >= 11 is 2.54. The van der Waals surface area contributed by atoms with Gasteiger partial charge in [0.05, 0.1) is 21.7 Å². The average molecular weight is 357 g/mol. The summed E-state index contributed by atoms with van der Waals surface area (Å²) in [6, 6.07) is 11.1. The van der Waals surface area contributed by atoms with E-state index in [0.29, 0.717) is 15.8 Å². The number of carbonyl (C=O) groups excluding carboxylic acids is 2. The Hall–Kier alpha value is -2.65. The van der Waals surface area contributed by atoms with Gasteiger partial charge in [0.25, 0.3) is 5.91 Å². The third-order valence-electron chi connectivity index (χ3n) is 3.33. The van der Waals surface area contributed by atoms with Gasteiger partial charge in [-0.1, -0.05) is 30.0 Å². The van der Waals surface area contributed by atoms with E-state index < -0.39 is 0 Å². The smallest absolute Gasteiger partial charge is 0.267 e. The second kappa shape index (κ2) is 6.10. The van der Waals surface area contributed by atoms with E-state index in [1.165, 1.54) is 23.1 Å². The van der Waals surface area contributed by atoms with Crippen molar-refractivity contribution < 1.29 is 9.59 Å². The van der Waals surface area contributed by atoms with Crippen LogP contribution in [0, 0.1) is 0 Å². The lowest BCUT2D eigenvalue weighted by Gasteiger charge is -2.01. The topological polar surface area (TPSA) is 92.2 Å². The van der Waals surface area contributed by atoms with Crippen molar-refractivity contribution in [1.29, 1.82) is 0 Å². The molecule has 0 bridgehead atoms. The van der Waals surface area contributed by atoms with Crippen molar-refractivity contribution >= 4 is 51.7 Å². The minimum absolute atomic E-state index is 0.0869. The van der Waals surface area contributed by atoms with E-state index >= 15 is 0 Å². The van der Waals surface area contributed by atoms with E-state index in [1.807, 2.05) is 28.7 Å². The molecule has 2 N–H and O–H groups in total. The standard InChI is InChI=1S/C15H11N5O2S2/c21-12(17-13(22)11-6-3-7-23-11)8-24-15-19-18-14-16-9-4-1-2-5-10(9)20(14)15/h1-7H,8H2,(H,16,18)(H,17,21,22). The molecule has 0 aliphatic carbocycles. The molecule has 0 aliphatic heterocycles. The monoisotopic (exact) mass is 357 g/mol. The van der Waals surface area contributed by atoms with Gasteiger partial charge >= 0.3 is 0 Å². The van der Waals surface area contributed by atoms with E-state index in [-0.39, 0.29) is 17.6 Å². The van der Waals surface area contributed by atoms with Gasteiger partial charge in [-0.25, -0.2) is 10.1 Å². The summed E-state index contributed by atoms with van der Waals surface area (Å²) in [5.41, 5.74) is 1.77. The number of imidazole rings is 1. The third kappa shape index (κ3) is 2.68. The number of carbonyl (C=O) groups is 2. The fraction of sp³-hybridized carbons (Fsp3) is 0.0667. The predicted molar refractivity (Wildman–Crippen MR) is 92.4 cm³/mol. The normalized spacial score (nSPS) is 11.2. The Labute approximate surface area is 144 Å². The number of para-hydroxylation sites is 2. The minimum atomic E-state index is -0.379. The van der Waals surface area contributed by atoms with Crippen LogP contribution >= 0.6 is 23.1 Å². The lowest BCUT2D eigenvalue weighted by molar-refractivity contribution is -0.117. The van der Waals surface area contributed by atoms with Gasteiger partial charge in [0.15, 0.2) is 5.16 Å². The van der Waals surface area contributed by atoms with Crippen molar-refractivity contribution in [1.82, 2.24) is 24.9 Å². The number of H-pyrrole nitrogens is 1. The first kappa shape index (κ1) is 14.9. The Bertz CT molecular complexity index is 1030. The highest BCUT2D eigenvalue weighted by atomic mass is 32.2. The van der Waals surface area contributed by atoms with E-state index in [4.69, 9.17) is 0 Å². The van der Waals surface area contributed by atoms with Gasteiger partial charge in [-0.2, -0.15) is 0 Å². The Kier molecular flexibility index (Phi) is 3.79. The van der Waals surface area contributed by atoms with Gasteiger partial charge in [0.1, 0.15) is 0 Å². The van der Waals surface area contributed by atoms with Gasteiger partial charge < -0.3 is 0 Å². The maximum atomic E-state index is 12.0. The zero-order valence-electron chi connectivity index (χ0n) is 12.2. The summed E-state index contributed by atoms with van der Waals surface area (Å²) in [6.45, 7) is 0. The lowest BCUT2D eigenvalue weighted by atomic mass is 10.3. The summed E-state index contributed by atoms with van der Waals surface area (Å²) < 4.78 is 1.86. The van der Waals surface area contributed by atoms with Crippen molar-refractivity contribution in [3.05, 3.63) is 46.7 Å². The Morgan fingerprint density at radius 1 is 1.25 bits per heavy atom. The molecule has 24 heavy (non-hydrogen) atoms. The van der Waals surface area contributed by atoms with Crippen LogP contribution in [0.25, 0.3) is 16.8 Å². The summed E-state index contributed by atoms with van der Waals surface area (Å²) in [4.78, 5) is 28.8. The number of imide groups is 1. The van der Waals surface area contributed by atoms with E-state index in [2.05, 4.69) is 20.5 Å². The largest absolute Gasteiger partial charge is 0.291 e. The molecule has 0 radical (unpaired) electrons. The van der Waals surface area contributed by atoms with Crippen LogP contribution in [0.4, 0.5) is 0 Å². The fourth-order valence-corrected chi connectivity index (χ4v) is 3.68. The first-order chi connectivity index (χ1) is 11.7. The van der Waals surface area contributed by atoms with Crippen LogP contribution in [0.2, 0.25) is 0 Å². The molecule has 9 heteroatoms. The number of aromatic amines is 1. The number of aromatic nitrogens is 4. The SMILES string of the molecule is O=C(CSc1n[nH]c2nc3ccccc3n12)NC(=O)c1cccs1. The summed E-state index contributed by atoms with van der Waals surface area (Å²) in [7, 11) is 0. The molecule has 0 saturated heterocycles. The van der Waals surface area contributed by atoms with Crippen molar-refractivity contribution in [2.45, 2.75) is 5.16 Å². The molecule has 3 heterocycles. The maximum absolute atomic E-state index is 12.0. The zero-order valence-corrected chi connectivity index (χ0v) is 13.9. The molecular weight excluding hydrogens is 346 g/mol. The molecule has 0 fully saturated rings. The van der Waals surface area contributed by atoms with Crippen LogP contribution in [-0.2, 0) is 4.79 Å². The van der Waals surface area contributed by atoms with Crippen LogP contribution in [0.1, 0.15) is 9.67 Å². The average Bonchev–Trinajstić information content (AvgIpc) is 3.29. The quantitative estimate of drug-likeness (QED) is 0.547. The molecule has 0 aliphatic rings. The number of amides is 2. The number of benzene rings is 1. The van der Waals surface area contributed by atoms with Crippen LogP contribution in [-0.4, -0.2) is 37.1 Å². The molecule has 0 saturated carbocycles. The zero-order chi connectivity index (χ0) is 16.5. The molecule has 3 aromatic heterocycles. The fourth-order valence-electron chi connectivity index (χ4n) is 2.30. The van der Waals surface area contributed by atoms with E-state index in [0.717, 1.165) is 11.0 Å². The summed E-state index contributed by atoms with van der Waals surface area (Å²) in [6.07, 6.45) is 0. The highest BCUT2D eigenvalue weighted by Gasteiger charge is 2.15. The highest BCUT2D eigenvalue weighted by molar-refractivity contribution is 7.99. The molecule has 4 aromatic rings. The van der Waals surface area contributed by atoms with Crippen molar-refractivity contribution in [3.63, 3.8) is 0 Å². The van der Waals surface area contributed by atoms with Crippen molar-refractivity contribution in [2.24, 2.45) is 0 Å². The number of nitrogens with one attached hydrogen (secondary N) is 2. The highest BCUT2D eigenvalue weighted by Crippen LogP contribution is 2.22. The van der Waals surface area contributed by atoms with Crippen LogP contribution < -0.4 is 5.32 Å². The summed E-state index contributed by atoms with van der Waals surface area (Å²) in [5, 5.41) is 11.8. The number of hydrogen-bond acceptors (Lipinski definition) is 6. The number of fused-ring (bicyclic) bond motifs is 3. The number of hydrogen-bond donors (Lipinski definition) is 2. The molecule has 120 valence electrons. The van der Waals surface area contributed by atoms with Gasteiger partial charge in [0, 0.05) is 0 Å². The number of rotatable bonds is 4. The molecule has 1 aromatic carbocycles. The number of nitrogens with zero attached hydrogens (tertiary/aromatic N) is 3. The molecule has 7 nitrogen and oxygen atoms in total. The first-order valence-corrected chi connectivity index (χ1v) is 8.91. The number of thioether (sulfide) groups is 1. The van der Waals surface area contributed by atoms with Crippen molar-refractivity contribution in [3.8, 4) is 0 Å². The van der Waals surface area contributed by atoms with Gasteiger partial charge in [0.2, 0.25) is 11.7 Å². The molecule has 0 atom stereocenters. The van der Waals surface area contributed by atoms with E-state index in [1.54, 1.807) is 17.5 Å². The molecule has 2 amide bonds. The Balaban J connectivity index is 1.48. The van der Waals surface area contributed by atoms with Crippen LogP contribution in [0.3, 0.4) is 0 Å². The summed E-state index contributed by atoms with van der Waals surface area (Å²) in [5.74, 6) is -0.0348.